The Morgan fingerprint density at radius 2 is 1.83 bits per heavy atom. The third-order valence-electron chi connectivity index (χ3n) is 1.96. The van der Waals surface area contributed by atoms with Gasteiger partial charge in [0.2, 0.25) is 0 Å². The van der Waals surface area contributed by atoms with Crippen molar-refractivity contribution in [1.29, 1.82) is 0 Å². The molecule has 0 heterocycles. The van der Waals surface area contributed by atoms with Crippen LogP contribution in [0.4, 0.5) is 4.79 Å². The van der Waals surface area contributed by atoms with E-state index in [1.807, 2.05) is 20.8 Å². The van der Waals surface area contributed by atoms with E-state index in [1.165, 1.54) is 18.7 Å². The number of rotatable bonds is 5. The third-order valence-corrected chi connectivity index (χ3v) is 2.94. The fourth-order valence-electron chi connectivity index (χ4n) is 1.43. The average molecular weight is 275 g/mol. The summed E-state index contributed by atoms with van der Waals surface area (Å²) < 4.78 is 5.21. The van der Waals surface area contributed by atoms with Crippen LogP contribution in [-0.2, 0) is 9.53 Å². The molecule has 0 unspecified atom stereocenters. The van der Waals surface area contributed by atoms with Gasteiger partial charge in [-0.2, -0.15) is 0 Å². The molecule has 1 amide bonds. The van der Waals surface area contributed by atoms with Crippen LogP contribution in [0.5, 0.6) is 0 Å². The molecule has 0 aromatic rings. The topological polar surface area (TPSA) is 55.4 Å². The zero-order valence-electron chi connectivity index (χ0n) is 12.2. The van der Waals surface area contributed by atoms with Crippen LogP contribution in [0.1, 0.15) is 48.0 Å². The fourth-order valence-corrected chi connectivity index (χ4v) is 2.09. The third kappa shape index (κ3) is 10.4. The first kappa shape index (κ1) is 17.3. The Hall–Kier alpha value is -0.710. The van der Waals surface area contributed by atoms with Crippen LogP contribution in [0, 0.1) is 5.92 Å². The highest BCUT2D eigenvalue weighted by molar-refractivity contribution is 8.13. The minimum atomic E-state index is -0.500. The van der Waals surface area contributed by atoms with Gasteiger partial charge in [-0.15, -0.1) is 0 Å². The van der Waals surface area contributed by atoms with Crippen molar-refractivity contribution in [3.63, 3.8) is 0 Å². The first-order valence-electron chi connectivity index (χ1n) is 6.23. The normalized spacial score (nSPS) is 13.3. The van der Waals surface area contributed by atoms with E-state index >= 15 is 0 Å². The Morgan fingerprint density at radius 3 is 2.22 bits per heavy atom. The smallest absolute Gasteiger partial charge is 0.407 e. The van der Waals surface area contributed by atoms with Crippen LogP contribution in [0.3, 0.4) is 0 Å². The number of carbonyl (C=O) groups excluding carboxylic acids is 2. The first-order chi connectivity index (χ1) is 8.10. The molecule has 0 fully saturated rings. The van der Waals surface area contributed by atoms with Gasteiger partial charge in [0.05, 0.1) is 0 Å². The number of hydrogen-bond donors (Lipinski definition) is 1. The van der Waals surface area contributed by atoms with Crippen molar-refractivity contribution >= 4 is 23.0 Å². The van der Waals surface area contributed by atoms with Gasteiger partial charge >= 0.3 is 6.09 Å². The van der Waals surface area contributed by atoms with Gasteiger partial charge in [-0.3, -0.25) is 4.79 Å². The fraction of sp³-hybridized carbons (Fsp3) is 0.846. The van der Waals surface area contributed by atoms with Gasteiger partial charge in [0.1, 0.15) is 5.60 Å². The molecule has 0 spiro atoms. The molecule has 1 N–H and O–H groups in total. The van der Waals surface area contributed by atoms with Crippen molar-refractivity contribution in [2.45, 2.75) is 59.6 Å². The Kier molecular flexibility index (Phi) is 7.36. The number of alkyl carbamates (subject to hydrolysis) is 1. The zero-order chi connectivity index (χ0) is 14.3. The van der Waals surface area contributed by atoms with E-state index in [9.17, 15) is 9.59 Å². The van der Waals surface area contributed by atoms with E-state index in [-0.39, 0.29) is 11.2 Å². The molecule has 0 saturated heterocycles. The maximum atomic E-state index is 11.7. The Balaban J connectivity index is 4.30. The molecule has 4 nitrogen and oxygen atoms in total. The molecule has 0 aliphatic heterocycles. The minimum absolute atomic E-state index is 0.0336. The Bertz CT molecular complexity index is 284. The van der Waals surface area contributed by atoms with E-state index in [1.54, 1.807) is 0 Å². The lowest BCUT2D eigenvalue weighted by Gasteiger charge is -2.24. The van der Waals surface area contributed by atoms with E-state index in [4.69, 9.17) is 4.74 Å². The summed E-state index contributed by atoms with van der Waals surface area (Å²) in [6, 6.07) is -0.0336. The van der Waals surface area contributed by atoms with Gasteiger partial charge in [0, 0.05) is 18.7 Å². The Morgan fingerprint density at radius 1 is 1.28 bits per heavy atom. The van der Waals surface area contributed by atoms with Crippen molar-refractivity contribution in [3.05, 3.63) is 0 Å². The summed E-state index contributed by atoms with van der Waals surface area (Å²) in [4.78, 5) is 22.6. The summed E-state index contributed by atoms with van der Waals surface area (Å²) >= 11 is 1.23. The van der Waals surface area contributed by atoms with Gasteiger partial charge in [0.25, 0.3) is 0 Å². The van der Waals surface area contributed by atoms with Gasteiger partial charge in [0.15, 0.2) is 5.12 Å². The standard InChI is InChI=1S/C13H25NO3S/c1-9(2)7-11(8-18-10(3)15)14-12(16)17-13(4,5)6/h9,11H,7-8H2,1-6H3,(H,14,16)/t11-/m0/s1. The van der Waals surface area contributed by atoms with Gasteiger partial charge in [-0.25, -0.2) is 4.79 Å². The van der Waals surface area contributed by atoms with E-state index in [0.717, 1.165) is 6.42 Å². The lowest BCUT2D eigenvalue weighted by atomic mass is 10.1. The molecule has 0 saturated carbocycles. The van der Waals surface area contributed by atoms with Crippen molar-refractivity contribution in [2.75, 3.05) is 5.75 Å². The second-order valence-corrected chi connectivity index (χ2v) is 6.97. The van der Waals surface area contributed by atoms with Crippen LogP contribution in [0.15, 0.2) is 0 Å². The summed E-state index contributed by atoms with van der Waals surface area (Å²) in [5.74, 6) is 1.05. The largest absolute Gasteiger partial charge is 0.444 e. The predicted octanol–water partition coefficient (Wildman–Crippen LogP) is 3.21. The van der Waals surface area contributed by atoms with Crippen molar-refractivity contribution in [3.8, 4) is 0 Å². The molecule has 0 rings (SSSR count). The minimum Gasteiger partial charge on any atom is -0.444 e. The monoisotopic (exact) mass is 275 g/mol. The lowest BCUT2D eigenvalue weighted by Crippen LogP contribution is -2.41. The summed E-state index contributed by atoms with van der Waals surface area (Å²) in [5.41, 5.74) is -0.500. The highest BCUT2D eigenvalue weighted by atomic mass is 32.2. The summed E-state index contributed by atoms with van der Waals surface area (Å²) in [6.45, 7) is 11.2. The van der Waals surface area contributed by atoms with Gasteiger partial charge in [-0.05, 0) is 33.1 Å². The molecule has 106 valence electrons. The van der Waals surface area contributed by atoms with Gasteiger partial charge in [-0.1, -0.05) is 25.6 Å². The Labute approximate surface area is 114 Å². The summed E-state index contributed by atoms with van der Waals surface area (Å²) in [6.07, 6.45) is 0.414. The lowest BCUT2D eigenvalue weighted by molar-refractivity contribution is -0.109. The molecular weight excluding hydrogens is 250 g/mol. The molecule has 5 heteroatoms. The SMILES string of the molecule is CC(=O)SC[C@H](CC(C)C)NC(=O)OC(C)(C)C. The van der Waals surface area contributed by atoms with E-state index in [2.05, 4.69) is 19.2 Å². The number of carbonyl (C=O) groups is 2. The second kappa shape index (κ2) is 7.67. The summed E-state index contributed by atoms with van der Waals surface area (Å²) in [5, 5.41) is 2.89. The van der Waals surface area contributed by atoms with Gasteiger partial charge < -0.3 is 10.1 Å². The molecule has 0 aromatic heterocycles. The van der Waals surface area contributed by atoms with Crippen LogP contribution in [0.25, 0.3) is 0 Å². The molecule has 0 radical (unpaired) electrons. The molecule has 18 heavy (non-hydrogen) atoms. The maximum Gasteiger partial charge on any atom is 0.407 e. The zero-order valence-corrected chi connectivity index (χ0v) is 13.0. The molecule has 1 atom stereocenters. The molecule has 0 aromatic carbocycles. The maximum absolute atomic E-state index is 11.7. The number of amides is 1. The quantitative estimate of drug-likeness (QED) is 0.837. The average Bonchev–Trinajstić information content (AvgIpc) is 2.09. The molecule has 0 aliphatic carbocycles. The molecule has 0 bridgehead atoms. The number of hydrogen-bond acceptors (Lipinski definition) is 4. The van der Waals surface area contributed by atoms with Crippen molar-refractivity contribution < 1.29 is 14.3 Å². The molecule has 0 aliphatic rings. The van der Waals surface area contributed by atoms with Crippen LogP contribution in [0.2, 0.25) is 0 Å². The number of nitrogens with one attached hydrogen (secondary N) is 1. The highest BCUT2D eigenvalue weighted by Gasteiger charge is 2.20. The second-order valence-electron chi connectivity index (χ2n) is 5.78. The first-order valence-corrected chi connectivity index (χ1v) is 7.21. The van der Waals surface area contributed by atoms with E-state index < -0.39 is 11.7 Å². The van der Waals surface area contributed by atoms with Crippen LogP contribution >= 0.6 is 11.8 Å². The highest BCUT2D eigenvalue weighted by Crippen LogP contribution is 2.13. The molecular formula is C13H25NO3S. The summed E-state index contributed by atoms with van der Waals surface area (Å²) in [7, 11) is 0. The van der Waals surface area contributed by atoms with E-state index in [0.29, 0.717) is 11.7 Å². The van der Waals surface area contributed by atoms with Crippen LogP contribution < -0.4 is 5.32 Å². The number of thioether (sulfide) groups is 1. The number of ether oxygens (including phenoxy) is 1. The van der Waals surface area contributed by atoms with Crippen molar-refractivity contribution in [1.82, 2.24) is 5.32 Å². The van der Waals surface area contributed by atoms with Crippen molar-refractivity contribution in [2.24, 2.45) is 5.92 Å². The van der Waals surface area contributed by atoms with Crippen LogP contribution in [-0.4, -0.2) is 28.6 Å². The predicted molar refractivity (Wildman–Crippen MR) is 75.8 cm³/mol.